The fourth-order valence-corrected chi connectivity index (χ4v) is 10.4. The standard InChI is InChI=1S/C50H64N2O4/c1-5-9-13-17-21-33(22-18-14-10-6-2)51-47(53)39-29-25-35-37-27-31-41-46-42(32-28-38(44(37)46)36-26-30-40(48(51)54)45(39)43(35)36)50(56)52(49(41)55)34(23-19-15-11-7-3)24-20-16-12-8-4/h25-35,40H,5-24H2,1-4H3. The van der Waals surface area contributed by atoms with Crippen molar-refractivity contribution >= 4 is 40.0 Å². The number of imide groups is 2. The second kappa shape index (κ2) is 18.0. The lowest BCUT2D eigenvalue weighted by Gasteiger charge is -2.44. The minimum Gasteiger partial charge on any atom is -0.275 e. The van der Waals surface area contributed by atoms with Crippen LogP contribution in [0.1, 0.15) is 194 Å². The van der Waals surface area contributed by atoms with E-state index in [0.29, 0.717) is 16.7 Å². The quantitative estimate of drug-likeness (QED) is 0.0885. The van der Waals surface area contributed by atoms with E-state index in [1.165, 1.54) is 25.7 Å². The Balaban J connectivity index is 1.24. The molecule has 7 rings (SSSR count). The molecular formula is C50H64N2O4. The summed E-state index contributed by atoms with van der Waals surface area (Å²) < 4.78 is 0. The van der Waals surface area contributed by atoms with Crippen LogP contribution in [0.2, 0.25) is 0 Å². The van der Waals surface area contributed by atoms with Gasteiger partial charge in [-0.05, 0) is 71.0 Å². The summed E-state index contributed by atoms with van der Waals surface area (Å²) in [5, 5.41) is 1.71. The number of amides is 4. The van der Waals surface area contributed by atoms with Gasteiger partial charge in [-0.15, -0.1) is 0 Å². The van der Waals surface area contributed by atoms with Crippen molar-refractivity contribution in [2.45, 2.75) is 174 Å². The van der Waals surface area contributed by atoms with Crippen LogP contribution in [0, 0.1) is 5.92 Å². The minimum absolute atomic E-state index is 0.0854. The number of unbranched alkanes of at least 4 members (excludes halogenated alkanes) is 12. The number of carbonyl (C=O) groups is 4. The first kappa shape index (κ1) is 40.1. The molecule has 298 valence electrons. The van der Waals surface area contributed by atoms with Crippen LogP contribution < -0.4 is 0 Å². The van der Waals surface area contributed by atoms with Gasteiger partial charge in [0.2, 0.25) is 5.91 Å². The number of hydrogen-bond acceptors (Lipinski definition) is 4. The van der Waals surface area contributed by atoms with E-state index >= 15 is 0 Å². The highest BCUT2D eigenvalue weighted by molar-refractivity contribution is 6.28. The Bertz CT molecular complexity index is 1930. The van der Waals surface area contributed by atoms with E-state index in [9.17, 15) is 19.2 Å². The van der Waals surface area contributed by atoms with Crippen LogP contribution in [0.25, 0.3) is 16.3 Å². The van der Waals surface area contributed by atoms with Gasteiger partial charge in [0.25, 0.3) is 17.7 Å². The SMILES string of the molecule is CCCCCCC(CCCCCC)N1C(=O)c2ccc3c4c(ccc(c24)C1=O)C1C=CC2=C4C1=C3C=CC4C(=O)N(C(CCCCCC)CCCCCC)C2=O. The van der Waals surface area contributed by atoms with Gasteiger partial charge < -0.3 is 0 Å². The Morgan fingerprint density at radius 3 is 1.45 bits per heavy atom. The fraction of sp³-hybridized carbons (Fsp3) is 0.560. The maximum atomic E-state index is 14.6. The Hall–Kier alpha value is -4.06. The van der Waals surface area contributed by atoms with E-state index < -0.39 is 5.92 Å². The third kappa shape index (κ3) is 7.31. The third-order valence-corrected chi connectivity index (χ3v) is 13.4. The number of carbonyl (C=O) groups excluding carboxylic acids is 4. The molecule has 56 heavy (non-hydrogen) atoms. The van der Waals surface area contributed by atoms with Crippen molar-refractivity contribution in [3.63, 3.8) is 0 Å². The van der Waals surface area contributed by atoms with Crippen molar-refractivity contribution in [2.75, 3.05) is 0 Å². The highest BCUT2D eigenvalue weighted by atomic mass is 16.2. The Labute approximate surface area is 335 Å². The molecule has 6 nitrogen and oxygen atoms in total. The van der Waals surface area contributed by atoms with Crippen LogP contribution in [-0.2, 0) is 9.59 Å². The van der Waals surface area contributed by atoms with Gasteiger partial charge in [0.1, 0.15) is 0 Å². The van der Waals surface area contributed by atoms with E-state index in [1.54, 1.807) is 9.80 Å². The van der Waals surface area contributed by atoms with Crippen molar-refractivity contribution in [3.8, 4) is 0 Å². The Morgan fingerprint density at radius 1 is 0.464 bits per heavy atom. The number of fused-ring (bicyclic) bond motifs is 2. The molecule has 0 N–H and O–H groups in total. The predicted octanol–water partition coefficient (Wildman–Crippen LogP) is 12.3. The molecule has 0 fully saturated rings. The van der Waals surface area contributed by atoms with Crippen LogP contribution >= 0.6 is 0 Å². The lowest BCUT2D eigenvalue weighted by atomic mass is 9.64. The maximum absolute atomic E-state index is 14.6. The van der Waals surface area contributed by atoms with Crippen LogP contribution in [0.15, 0.2) is 65.3 Å². The van der Waals surface area contributed by atoms with Crippen molar-refractivity contribution in [2.24, 2.45) is 5.92 Å². The van der Waals surface area contributed by atoms with Gasteiger partial charge in [-0.3, -0.25) is 29.0 Å². The molecule has 0 spiro atoms. The summed E-state index contributed by atoms with van der Waals surface area (Å²) in [5.41, 5.74) is 6.75. The first-order valence-electron chi connectivity index (χ1n) is 22.6. The summed E-state index contributed by atoms with van der Waals surface area (Å²) in [6.07, 6.45) is 29.4. The first-order valence-corrected chi connectivity index (χ1v) is 22.6. The molecule has 2 atom stereocenters. The van der Waals surface area contributed by atoms with E-state index in [-0.39, 0.29) is 41.6 Å². The molecule has 2 aliphatic heterocycles. The number of nitrogens with zero attached hydrogens (tertiary/aromatic N) is 2. The van der Waals surface area contributed by atoms with Gasteiger partial charge in [-0.2, -0.15) is 0 Å². The molecule has 0 bridgehead atoms. The van der Waals surface area contributed by atoms with Gasteiger partial charge in [0.05, 0.1) is 5.92 Å². The maximum Gasteiger partial charge on any atom is 0.261 e. The predicted molar refractivity (Wildman–Crippen MR) is 227 cm³/mol. The number of allylic oxidation sites excluding steroid dienone is 4. The molecule has 0 saturated carbocycles. The van der Waals surface area contributed by atoms with Crippen molar-refractivity contribution < 1.29 is 19.2 Å². The van der Waals surface area contributed by atoms with Gasteiger partial charge in [-0.25, -0.2) is 0 Å². The molecule has 2 unspecified atom stereocenters. The average molecular weight is 757 g/mol. The number of hydrogen-bond donors (Lipinski definition) is 0. The van der Waals surface area contributed by atoms with Gasteiger partial charge in [-0.1, -0.05) is 167 Å². The largest absolute Gasteiger partial charge is 0.275 e. The van der Waals surface area contributed by atoms with Gasteiger partial charge >= 0.3 is 0 Å². The van der Waals surface area contributed by atoms with Crippen LogP contribution in [0.3, 0.4) is 0 Å². The minimum atomic E-state index is -0.500. The summed E-state index contributed by atoms with van der Waals surface area (Å²) in [7, 11) is 0. The van der Waals surface area contributed by atoms with Crippen LogP contribution in [-0.4, -0.2) is 45.5 Å². The van der Waals surface area contributed by atoms with E-state index in [0.717, 1.165) is 141 Å². The summed E-state index contributed by atoms with van der Waals surface area (Å²) in [5.74, 6) is -1.26. The second-order valence-corrected chi connectivity index (χ2v) is 17.1. The topological polar surface area (TPSA) is 74.8 Å². The highest BCUT2D eigenvalue weighted by Crippen LogP contribution is 2.55. The molecule has 3 aliphatic carbocycles. The summed E-state index contributed by atoms with van der Waals surface area (Å²) in [4.78, 5) is 61.4. The van der Waals surface area contributed by atoms with Gasteiger partial charge in [0.15, 0.2) is 0 Å². The zero-order valence-corrected chi connectivity index (χ0v) is 34.6. The molecule has 0 saturated heterocycles. The zero-order valence-electron chi connectivity index (χ0n) is 34.6. The molecule has 6 heteroatoms. The lowest BCUT2D eigenvalue weighted by Crippen LogP contribution is -2.52. The van der Waals surface area contributed by atoms with Crippen molar-refractivity contribution in [1.29, 1.82) is 0 Å². The lowest BCUT2D eigenvalue weighted by molar-refractivity contribution is -0.148. The summed E-state index contributed by atoms with van der Waals surface area (Å²) in [6.45, 7) is 8.83. The molecule has 0 radical (unpaired) electrons. The molecule has 5 aliphatic rings. The highest BCUT2D eigenvalue weighted by Gasteiger charge is 2.48. The van der Waals surface area contributed by atoms with Crippen molar-refractivity contribution in [1.82, 2.24) is 9.80 Å². The summed E-state index contributed by atoms with van der Waals surface area (Å²) >= 11 is 0. The van der Waals surface area contributed by atoms with Gasteiger partial charge in [0, 0.05) is 40.1 Å². The molecule has 0 aromatic heterocycles. The fourth-order valence-electron chi connectivity index (χ4n) is 10.4. The third-order valence-electron chi connectivity index (χ3n) is 13.4. The molecule has 2 heterocycles. The Kier molecular flexibility index (Phi) is 12.9. The normalized spacial score (nSPS) is 19.5. The Morgan fingerprint density at radius 2 is 0.911 bits per heavy atom. The molecular weight excluding hydrogens is 693 g/mol. The number of rotatable bonds is 22. The smallest absolute Gasteiger partial charge is 0.261 e. The van der Waals surface area contributed by atoms with E-state index in [2.05, 4.69) is 52.0 Å². The van der Waals surface area contributed by atoms with Crippen molar-refractivity contribution in [3.05, 3.63) is 87.5 Å². The monoisotopic (exact) mass is 756 g/mol. The molecule has 4 amide bonds. The average Bonchev–Trinajstić information content (AvgIpc) is 3.21. The first-order chi connectivity index (χ1) is 27.4. The van der Waals surface area contributed by atoms with E-state index in [4.69, 9.17) is 0 Å². The second-order valence-electron chi connectivity index (χ2n) is 17.1. The number of benzene rings is 2. The zero-order chi connectivity index (χ0) is 39.3. The van der Waals surface area contributed by atoms with E-state index in [1.807, 2.05) is 24.3 Å². The van der Waals surface area contributed by atoms with Crippen LogP contribution in [0.4, 0.5) is 0 Å². The van der Waals surface area contributed by atoms with Crippen LogP contribution in [0.5, 0.6) is 0 Å². The molecule has 2 aromatic rings. The summed E-state index contributed by atoms with van der Waals surface area (Å²) in [6, 6.07) is 7.81. The molecule has 2 aromatic carbocycles.